The molecule has 0 saturated heterocycles. The van der Waals surface area contributed by atoms with Crippen molar-refractivity contribution in [1.82, 2.24) is 0 Å². The zero-order chi connectivity index (χ0) is 20.4. The van der Waals surface area contributed by atoms with Crippen LogP contribution in [0.1, 0.15) is 73.1 Å². The molecule has 0 fully saturated rings. The van der Waals surface area contributed by atoms with Gasteiger partial charge in [0.1, 0.15) is 0 Å². The molecule has 0 bridgehead atoms. The van der Waals surface area contributed by atoms with Gasteiger partial charge in [0.05, 0.1) is 13.2 Å². The molecule has 152 valence electrons. The largest absolute Gasteiger partial charge is 0.462 e. The number of carbonyl (C=O) groups excluding carboxylic acids is 2. The number of rotatable bonds is 13. The van der Waals surface area contributed by atoms with Gasteiger partial charge in [-0.25, -0.2) is 9.59 Å². The lowest BCUT2D eigenvalue weighted by molar-refractivity contribution is -0.151. The molecule has 0 aromatic carbocycles. The van der Waals surface area contributed by atoms with Gasteiger partial charge in [-0.15, -0.1) is 0 Å². The Labute approximate surface area is 159 Å². The lowest BCUT2D eigenvalue weighted by Gasteiger charge is -2.14. The quantitative estimate of drug-likeness (QED) is 0.193. The number of carbonyl (C=O) groups is 2. The molecule has 0 saturated carbocycles. The summed E-state index contributed by atoms with van der Waals surface area (Å²) < 4.78 is 14.8. The number of esters is 2. The molecule has 26 heavy (non-hydrogen) atoms. The molecule has 0 radical (unpaired) electrons. The minimum absolute atomic E-state index is 0.0334. The van der Waals surface area contributed by atoms with Crippen LogP contribution in [0.4, 0.5) is 0 Å². The maximum Gasteiger partial charge on any atom is 0.335 e. The van der Waals surface area contributed by atoms with Crippen molar-refractivity contribution < 1.29 is 23.8 Å². The van der Waals surface area contributed by atoms with Crippen molar-refractivity contribution in [2.24, 2.45) is 5.92 Å². The van der Waals surface area contributed by atoms with Crippen LogP contribution in [0.15, 0.2) is 24.3 Å². The molecule has 0 aromatic rings. The van der Waals surface area contributed by atoms with Crippen LogP contribution >= 0.6 is 0 Å². The lowest BCUT2D eigenvalue weighted by atomic mass is 10.0. The summed E-state index contributed by atoms with van der Waals surface area (Å²) in [5.74, 6) is -0.148. The van der Waals surface area contributed by atoms with Crippen molar-refractivity contribution in [1.29, 1.82) is 0 Å². The fourth-order valence-electron chi connectivity index (χ4n) is 1.74. The molecule has 0 heterocycles. The lowest BCUT2D eigenvalue weighted by Crippen LogP contribution is -2.14. The molecule has 0 aromatic heterocycles. The maximum atomic E-state index is 11.1. The Kier molecular flexibility index (Phi) is 18.6. The monoisotopic (exact) mass is 370 g/mol. The zero-order valence-electron chi connectivity index (χ0n) is 17.4. The molecule has 1 unspecified atom stereocenters. The Morgan fingerprint density at radius 3 is 1.88 bits per heavy atom. The minimum Gasteiger partial charge on any atom is -0.462 e. The normalized spacial score (nSPS) is 11.0. The van der Waals surface area contributed by atoms with Crippen LogP contribution in [0, 0.1) is 5.92 Å². The summed E-state index contributed by atoms with van der Waals surface area (Å²) in [4.78, 5) is 21.9. The van der Waals surface area contributed by atoms with Gasteiger partial charge in [0.25, 0.3) is 0 Å². The first-order chi connectivity index (χ1) is 12.3. The molecule has 0 amide bonds. The molecule has 1 atom stereocenters. The van der Waals surface area contributed by atoms with Gasteiger partial charge in [-0.3, -0.25) is 0 Å². The predicted octanol–water partition coefficient (Wildman–Crippen LogP) is 5.20. The molecule has 5 heteroatoms. The van der Waals surface area contributed by atoms with Gasteiger partial charge in [0.15, 0.2) is 6.79 Å². The standard InChI is InChI=1S/C12H22O2.C9H16O3/c1-5-7-8-11(6-2)9-14-12(13)10(3)4;1-4-5-6-11-7-12-9(10)8(2)3/h11H,3,5-9H2,1-2,4H3;2,4-7H2,1,3H3. The molecule has 0 spiro atoms. The summed E-state index contributed by atoms with van der Waals surface area (Å²) in [6.07, 6.45) is 6.70. The summed E-state index contributed by atoms with van der Waals surface area (Å²) in [7, 11) is 0. The Morgan fingerprint density at radius 1 is 0.885 bits per heavy atom. The topological polar surface area (TPSA) is 61.8 Å². The van der Waals surface area contributed by atoms with E-state index in [2.05, 4.69) is 38.7 Å². The summed E-state index contributed by atoms with van der Waals surface area (Å²) in [5.41, 5.74) is 0.879. The van der Waals surface area contributed by atoms with Crippen LogP contribution in [0.25, 0.3) is 0 Å². The van der Waals surface area contributed by atoms with Crippen LogP contribution in [-0.4, -0.2) is 31.9 Å². The van der Waals surface area contributed by atoms with Crippen LogP contribution in [0.2, 0.25) is 0 Å². The van der Waals surface area contributed by atoms with Crippen LogP contribution in [-0.2, 0) is 23.8 Å². The van der Waals surface area contributed by atoms with Crippen molar-refractivity contribution >= 4 is 11.9 Å². The third-order valence-electron chi connectivity index (χ3n) is 3.61. The Hall–Kier alpha value is -1.62. The van der Waals surface area contributed by atoms with Crippen LogP contribution < -0.4 is 0 Å². The second kappa shape index (κ2) is 18.2. The highest BCUT2D eigenvalue weighted by Crippen LogP contribution is 2.13. The molecule has 0 aliphatic carbocycles. The van der Waals surface area contributed by atoms with Crippen molar-refractivity contribution in [3.05, 3.63) is 24.3 Å². The SMILES string of the molecule is C=C(C)C(=O)OCC(CC)CCCC.C=C(C)C(=O)OCOCCCC. The number of hydrogen-bond acceptors (Lipinski definition) is 5. The third-order valence-corrected chi connectivity index (χ3v) is 3.61. The van der Waals surface area contributed by atoms with E-state index in [1.165, 1.54) is 12.8 Å². The molecule has 0 rings (SSSR count). The average molecular weight is 371 g/mol. The van der Waals surface area contributed by atoms with Crippen molar-refractivity contribution in [3.8, 4) is 0 Å². The van der Waals surface area contributed by atoms with E-state index in [4.69, 9.17) is 9.47 Å². The van der Waals surface area contributed by atoms with E-state index in [0.717, 1.165) is 25.7 Å². The fourth-order valence-corrected chi connectivity index (χ4v) is 1.74. The highest BCUT2D eigenvalue weighted by molar-refractivity contribution is 5.87. The van der Waals surface area contributed by atoms with Gasteiger partial charge >= 0.3 is 11.9 Å². The Morgan fingerprint density at radius 2 is 1.42 bits per heavy atom. The predicted molar refractivity (Wildman–Crippen MR) is 106 cm³/mol. The van der Waals surface area contributed by atoms with E-state index in [9.17, 15) is 9.59 Å². The molecule has 0 N–H and O–H groups in total. The molecule has 0 aliphatic rings. The average Bonchev–Trinajstić information content (AvgIpc) is 2.61. The zero-order valence-corrected chi connectivity index (χ0v) is 17.4. The van der Waals surface area contributed by atoms with Gasteiger partial charge in [-0.2, -0.15) is 0 Å². The van der Waals surface area contributed by atoms with Gasteiger partial charge in [-0.1, -0.05) is 59.6 Å². The second-order valence-corrected chi connectivity index (χ2v) is 6.39. The minimum atomic E-state index is -0.397. The van der Waals surface area contributed by atoms with E-state index in [0.29, 0.717) is 30.3 Å². The van der Waals surface area contributed by atoms with Gasteiger partial charge in [-0.05, 0) is 32.6 Å². The van der Waals surface area contributed by atoms with E-state index in [1.807, 2.05) is 0 Å². The van der Waals surface area contributed by atoms with E-state index < -0.39 is 5.97 Å². The highest BCUT2D eigenvalue weighted by atomic mass is 16.7. The second-order valence-electron chi connectivity index (χ2n) is 6.39. The van der Waals surface area contributed by atoms with Crippen LogP contribution in [0.3, 0.4) is 0 Å². The molecular formula is C21H38O5. The first-order valence-corrected chi connectivity index (χ1v) is 9.52. The smallest absolute Gasteiger partial charge is 0.335 e. The van der Waals surface area contributed by atoms with Crippen molar-refractivity contribution in [2.75, 3.05) is 20.0 Å². The van der Waals surface area contributed by atoms with E-state index >= 15 is 0 Å². The van der Waals surface area contributed by atoms with E-state index in [1.54, 1.807) is 13.8 Å². The highest BCUT2D eigenvalue weighted by Gasteiger charge is 2.09. The van der Waals surface area contributed by atoms with Crippen LogP contribution in [0.5, 0.6) is 0 Å². The number of unbranched alkanes of at least 4 members (excludes halogenated alkanes) is 2. The van der Waals surface area contributed by atoms with E-state index in [-0.39, 0.29) is 12.8 Å². The van der Waals surface area contributed by atoms with Crippen molar-refractivity contribution in [3.63, 3.8) is 0 Å². The number of hydrogen-bond donors (Lipinski definition) is 0. The fraction of sp³-hybridized carbons (Fsp3) is 0.714. The Bertz CT molecular complexity index is 415. The Balaban J connectivity index is 0. The first-order valence-electron chi connectivity index (χ1n) is 9.52. The van der Waals surface area contributed by atoms with Gasteiger partial charge in [0, 0.05) is 11.1 Å². The van der Waals surface area contributed by atoms with Gasteiger partial charge < -0.3 is 14.2 Å². The first kappa shape index (κ1) is 26.6. The summed E-state index contributed by atoms with van der Waals surface area (Å²) >= 11 is 0. The molecule has 0 aliphatic heterocycles. The number of ether oxygens (including phenoxy) is 3. The summed E-state index contributed by atoms with van der Waals surface area (Å²) in [6, 6.07) is 0. The molecular weight excluding hydrogens is 332 g/mol. The third kappa shape index (κ3) is 17.2. The molecule has 5 nitrogen and oxygen atoms in total. The van der Waals surface area contributed by atoms with Gasteiger partial charge in [0.2, 0.25) is 0 Å². The maximum absolute atomic E-state index is 11.1. The summed E-state index contributed by atoms with van der Waals surface area (Å²) in [6.45, 7) is 17.9. The summed E-state index contributed by atoms with van der Waals surface area (Å²) in [5, 5.41) is 0. The van der Waals surface area contributed by atoms with Crippen molar-refractivity contribution in [2.45, 2.75) is 73.1 Å².